The third-order valence-electron chi connectivity index (χ3n) is 7.14. The molecule has 1 aliphatic heterocycles. The average molecular weight is 566 g/mol. The molecule has 214 valence electrons. The Morgan fingerprint density at radius 1 is 0.952 bits per heavy atom. The molecular weight excluding hydrogens is 533 g/mol. The molecule has 7 heteroatoms. The van der Waals surface area contributed by atoms with E-state index < -0.39 is 24.1 Å². The van der Waals surface area contributed by atoms with E-state index in [1.165, 1.54) is 30.3 Å². The number of cyclic esters (lactones) is 1. The molecular formula is C35H32FNO5. The van der Waals surface area contributed by atoms with Gasteiger partial charge in [0.2, 0.25) is 0 Å². The molecule has 0 radical (unpaired) electrons. The minimum absolute atomic E-state index is 0.329. The zero-order chi connectivity index (χ0) is 29.5. The molecule has 4 aromatic rings. The molecule has 1 saturated heterocycles. The van der Waals surface area contributed by atoms with Crippen molar-refractivity contribution in [2.75, 3.05) is 18.6 Å². The molecule has 1 aliphatic rings. The van der Waals surface area contributed by atoms with Crippen molar-refractivity contribution in [1.82, 2.24) is 0 Å². The van der Waals surface area contributed by atoms with Gasteiger partial charge in [0.1, 0.15) is 29.5 Å². The van der Waals surface area contributed by atoms with Crippen molar-refractivity contribution in [1.29, 1.82) is 0 Å². The second kappa shape index (κ2) is 13.2. The summed E-state index contributed by atoms with van der Waals surface area (Å²) in [6, 6.07) is 27.8. The molecule has 6 nitrogen and oxygen atoms in total. The summed E-state index contributed by atoms with van der Waals surface area (Å²) in [6.45, 7) is 2.58. The lowest BCUT2D eigenvalue weighted by molar-refractivity contribution is 0.104. The predicted octanol–water partition coefficient (Wildman–Crippen LogP) is 8.19. The second-order valence-electron chi connectivity index (χ2n) is 9.91. The maximum atomic E-state index is 13.4. The number of benzene rings is 4. The molecule has 0 unspecified atom stereocenters. The topological polar surface area (TPSA) is 65.1 Å². The van der Waals surface area contributed by atoms with Crippen LogP contribution in [0.2, 0.25) is 0 Å². The van der Waals surface area contributed by atoms with Crippen LogP contribution in [-0.4, -0.2) is 31.7 Å². The summed E-state index contributed by atoms with van der Waals surface area (Å²) in [5.74, 6) is 0.432. The molecule has 0 aromatic heterocycles. The molecule has 1 heterocycles. The molecule has 2 atom stereocenters. The van der Waals surface area contributed by atoms with Gasteiger partial charge in [0.25, 0.3) is 0 Å². The number of hydrogen-bond donors (Lipinski definition) is 0. The van der Waals surface area contributed by atoms with Crippen LogP contribution in [0.5, 0.6) is 11.5 Å². The van der Waals surface area contributed by atoms with Gasteiger partial charge in [-0.3, -0.25) is 9.69 Å². The van der Waals surface area contributed by atoms with Crippen molar-refractivity contribution in [3.8, 4) is 22.6 Å². The van der Waals surface area contributed by atoms with Crippen molar-refractivity contribution in [2.45, 2.75) is 31.9 Å². The summed E-state index contributed by atoms with van der Waals surface area (Å²) in [7, 11) is 1.58. The van der Waals surface area contributed by atoms with E-state index in [1.807, 2.05) is 66.7 Å². The predicted molar refractivity (Wildman–Crippen MR) is 161 cm³/mol. The molecule has 1 amide bonds. The SMILES string of the molecule is CCCCOc1cc(OC)ccc1[C@@H]1[C@@H](/C=C/C(=O)c2ccc(F)cc2)OC(=O)N1c1ccc(-c2ccccc2)cc1. The van der Waals surface area contributed by atoms with E-state index in [1.54, 1.807) is 24.2 Å². The number of methoxy groups -OCH3 is 1. The molecule has 4 aromatic carbocycles. The van der Waals surface area contributed by atoms with Gasteiger partial charge >= 0.3 is 6.09 Å². The first-order valence-electron chi connectivity index (χ1n) is 13.9. The van der Waals surface area contributed by atoms with Gasteiger partial charge in [0, 0.05) is 22.9 Å². The largest absolute Gasteiger partial charge is 0.497 e. The Kier molecular flexibility index (Phi) is 8.97. The van der Waals surface area contributed by atoms with Crippen LogP contribution in [-0.2, 0) is 4.74 Å². The zero-order valence-electron chi connectivity index (χ0n) is 23.5. The van der Waals surface area contributed by atoms with Crippen LogP contribution >= 0.6 is 0 Å². The Morgan fingerprint density at radius 2 is 1.67 bits per heavy atom. The fraction of sp³-hybridized carbons (Fsp3) is 0.200. The number of unbranched alkanes of at least 4 members (excludes halogenated alkanes) is 1. The van der Waals surface area contributed by atoms with E-state index in [-0.39, 0.29) is 5.78 Å². The maximum Gasteiger partial charge on any atom is 0.415 e. The van der Waals surface area contributed by atoms with Gasteiger partial charge in [0.05, 0.1) is 13.7 Å². The number of ether oxygens (including phenoxy) is 3. The number of anilines is 1. The molecule has 0 spiro atoms. The summed E-state index contributed by atoms with van der Waals surface area (Å²) < 4.78 is 30.9. The van der Waals surface area contributed by atoms with Gasteiger partial charge in [-0.2, -0.15) is 0 Å². The molecule has 0 bridgehead atoms. The highest BCUT2D eigenvalue weighted by Crippen LogP contribution is 2.43. The van der Waals surface area contributed by atoms with Crippen molar-refractivity contribution in [2.24, 2.45) is 0 Å². The van der Waals surface area contributed by atoms with Crippen LogP contribution in [0, 0.1) is 5.82 Å². The van der Waals surface area contributed by atoms with Crippen LogP contribution < -0.4 is 14.4 Å². The van der Waals surface area contributed by atoms with Crippen molar-refractivity contribution >= 4 is 17.6 Å². The lowest BCUT2D eigenvalue weighted by atomic mass is 9.97. The van der Waals surface area contributed by atoms with Crippen LogP contribution in [0.15, 0.2) is 109 Å². The number of carbonyl (C=O) groups excluding carboxylic acids is 2. The second-order valence-corrected chi connectivity index (χ2v) is 9.91. The number of hydrogen-bond acceptors (Lipinski definition) is 5. The fourth-order valence-corrected chi connectivity index (χ4v) is 4.90. The smallest absolute Gasteiger partial charge is 0.415 e. The zero-order valence-corrected chi connectivity index (χ0v) is 23.5. The van der Waals surface area contributed by atoms with Crippen LogP contribution in [0.4, 0.5) is 14.9 Å². The quantitative estimate of drug-likeness (QED) is 0.104. The monoisotopic (exact) mass is 565 g/mol. The molecule has 0 saturated carbocycles. The lowest BCUT2D eigenvalue weighted by Gasteiger charge is -2.26. The Labute approximate surface area is 245 Å². The number of halogens is 1. The number of carbonyl (C=O) groups is 2. The van der Waals surface area contributed by atoms with E-state index in [2.05, 4.69) is 6.92 Å². The number of nitrogens with zero attached hydrogens (tertiary/aromatic N) is 1. The standard InChI is InChI=1S/C35H32FNO5/c1-3-4-22-41-33-23-29(40-2)18-19-30(33)34-32(21-20-31(38)26-10-14-27(36)15-11-26)42-35(39)37(34)28-16-12-25(13-17-28)24-8-6-5-7-9-24/h5-21,23,32,34H,3-4,22H2,1-2H3/b21-20+/t32-,34-/m1/s1. The summed E-state index contributed by atoms with van der Waals surface area (Å²) in [5, 5.41) is 0. The van der Waals surface area contributed by atoms with Gasteiger partial charge in [-0.25, -0.2) is 9.18 Å². The minimum atomic E-state index is -0.808. The Balaban J connectivity index is 1.53. The van der Waals surface area contributed by atoms with Crippen molar-refractivity contribution in [3.63, 3.8) is 0 Å². The maximum absolute atomic E-state index is 13.4. The summed E-state index contributed by atoms with van der Waals surface area (Å²) in [6.07, 6.45) is 3.40. The normalized spacial score (nSPS) is 16.5. The van der Waals surface area contributed by atoms with E-state index >= 15 is 0 Å². The number of ketones is 1. The fourth-order valence-electron chi connectivity index (χ4n) is 4.90. The van der Waals surface area contributed by atoms with Gasteiger partial charge < -0.3 is 14.2 Å². The number of rotatable bonds is 11. The molecule has 42 heavy (non-hydrogen) atoms. The first kappa shape index (κ1) is 28.6. The van der Waals surface area contributed by atoms with E-state index in [9.17, 15) is 14.0 Å². The number of amides is 1. The molecule has 1 fully saturated rings. The summed E-state index contributed by atoms with van der Waals surface area (Å²) in [4.78, 5) is 27.9. The van der Waals surface area contributed by atoms with Crippen molar-refractivity contribution in [3.05, 3.63) is 126 Å². The van der Waals surface area contributed by atoms with E-state index in [0.717, 1.165) is 24.0 Å². The average Bonchev–Trinajstić information content (AvgIpc) is 3.36. The highest BCUT2D eigenvalue weighted by atomic mass is 19.1. The van der Waals surface area contributed by atoms with Gasteiger partial charge in [-0.15, -0.1) is 0 Å². The summed E-state index contributed by atoms with van der Waals surface area (Å²) >= 11 is 0. The lowest BCUT2D eigenvalue weighted by Crippen LogP contribution is -2.29. The summed E-state index contributed by atoms with van der Waals surface area (Å²) in [5.41, 5.74) is 3.76. The van der Waals surface area contributed by atoms with Crippen molar-refractivity contribution < 1.29 is 28.2 Å². The van der Waals surface area contributed by atoms with E-state index in [0.29, 0.717) is 34.9 Å². The Bertz CT molecular complexity index is 1550. The van der Waals surface area contributed by atoms with Crippen LogP contribution in [0.25, 0.3) is 11.1 Å². The first-order chi connectivity index (χ1) is 20.5. The highest BCUT2D eigenvalue weighted by Gasteiger charge is 2.44. The van der Waals surface area contributed by atoms with Gasteiger partial charge in [-0.05, 0) is 78.2 Å². The van der Waals surface area contributed by atoms with Crippen LogP contribution in [0.1, 0.15) is 41.7 Å². The number of allylic oxidation sites excluding steroid dienone is 1. The molecule has 0 aliphatic carbocycles. The third kappa shape index (κ3) is 6.36. The van der Waals surface area contributed by atoms with Gasteiger partial charge in [-0.1, -0.05) is 55.8 Å². The minimum Gasteiger partial charge on any atom is -0.497 e. The third-order valence-corrected chi connectivity index (χ3v) is 7.14. The first-order valence-corrected chi connectivity index (χ1v) is 13.9. The highest BCUT2D eigenvalue weighted by molar-refractivity contribution is 6.04. The molecule has 5 rings (SSSR count). The molecule has 0 N–H and O–H groups in total. The van der Waals surface area contributed by atoms with Gasteiger partial charge in [0.15, 0.2) is 5.78 Å². The van der Waals surface area contributed by atoms with Crippen LogP contribution in [0.3, 0.4) is 0 Å². The Morgan fingerprint density at radius 3 is 2.36 bits per heavy atom. The van der Waals surface area contributed by atoms with E-state index in [4.69, 9.17) is 14.2 Å². The Hall–Kier alpha value is -4.91.